The van der Waals surface area contributed by atoms with E-state index in [1.54, 1.807) is 30.6 Å². The molecule has 1 N–H and O–H groups in total. The predicted molar refractivity (Wildman–Crippen MR) is 103 cm³/mol. The second-order valence-corrected chi connectivity index (χ2v) is 7.84. The first kappa shape index (κ1) is 18.6. The molecule has 0 atom stereocenters. The molecule has 25 heavy (non-hydrogen) atoms. The molecule has 0 aliphatic carbocycles. The second-order valence-electron chi connectivity index (χ2n) is 6.08. The molecule has 2 aromatic rings. The zero-order chi connectivity index (χ0) is 17.9. The van der Waals surface area contributed by atoms with Gasteiger partial charge in [-0.15, -0.1) is 0 Å². The molecule has 2 heterocycles. The van der Waals surface area contributed by atoms with Crippen molar-refractivity contribution in [3.05, 3.63) is 46.2 Å². The maximum absolute atomic E-state index is 9.37. The minimum atomic E-state index is -0.298. The van der Waals surface area contributed by atoms with E-state index in [2.05, 4.69) is 27.5 Å². The molecule has 0 radical (unpaired) electrons. The van der Waals surface area contributed by atoms with Gasteiger partial charge in [-0.1, -0.05) is 29.3 Å². The molecule has 134 valence electrons. The third kappa shape index (κ3) is 4.50. The SMILES string of the molecule is OCC1(S)CCN(c2ncc(OCc3c(Cl)cccc3Cl)cn2)CC1. The Kier molecular flexibility index (Phi) is 5.94. The van der Waals surface area contributed by atoms with Crippen LogP contribution in [0.3, 0.4) is 0 Å². The van der Waals surface area contributed by atoms with Gasteiger partial charge in [-0.3, -0.25) is 0 Å². The molecule has 1 aliphatic heterocycles. The molecule has 1 aromatic heterocycles. The van der Waals surface area contributed by atoms with Gasteiger partial charge in [0.05, 0.1) is 19.0 Å². The van der Waals surface area contributed by atoms with E-state index in [-0.39, 0.29) is 18.0 Å². The fourth-order valence-electron chi connectivity index (χ4n) is 2.65. The monoisotopic (exact) mass is 399 g/mol. The number of aromatic nitrogens is 2. The number of rotatable bonds is 5. The quantitative estimate of drug-likeness (QED) is 0.751. The summed E-state index contributed by atoms with van der Waals surface area (Å²) in [6, 6.07) is 5.34. The largest absolute Gasteiger partial charge is 0.486 e. The lowest BCUT2D eigenvalue weighted by atomic mass is 9.97. The first-order valence-electron chi connectivity index (χ1n) is 7.97. The summed E-state index contributed by atoms with van der Waals surface area (Å²) >= 11 is 16.8. The average Bonchev–Trinajstić information content (AvgIpc) is 2.63. The van der Waals surface area contributed by atoms with E-state index in [4.69, 9.17) is 27.9 Å². The molecule has 3 rings (SSSR count). The standard InChI is InChI=1S/C17H19Cl2N3O2S/c18-14-2-1-3-15(19)13(14)10-24-12-8-20-16(21-9-12)22-6-4-17(25,11-23)5-7-22/h1-3,8-9,23,25H,4-7,10-11H2. The van der Waals surface area contributed by atoms with Crippen molar-refractivity contribution in [1.29, 1.82) is 0 Å². The molecule has 0 unspecified atom stereocenters. The number of thiol groups is 1. The number of aliphatic hydroxyl groups is 1. The Hall–Kier alpha value is -1.21. The maximum Gasteiger partial charge on any atom is 0.225 e. The molecule has 0 amide bonds. The molecule has 0 saturated carbocycles. The Bertz CT molecular complexity index is 702. The summed E-state index contributed by atoms with van der Waals surface area (Å²) in [5.74, 6) is 1.20. The number of aliphatic hydroxyl groups excluding tert-OH is 1. The van der Waals surface area contributed by atoms with Crippen LogP contribution in [-0.2, 0) is 6.61 Å². The highest BCUT2D eigenvalue weighted by molar-refractivity contribution is 7.81. The zero-order valence-electron chi connectivity index (χ0n) is 13.5. The van der Waals surface area contributed by atoms with Crippen molar-refractivity contribution in [2.45, 2.75) is 24.2 Å². The van der Waals surface area contributed by atoms with Gasteiger partial charge >= 0.3 is 0 Å². The van der Waals surface area contributed by atoms with Crippen LogP contribution in [0.4, 0.5) is 5.95 Å². The van der Waals surface area contributed by atoms with E-state index < -0.39 is 0 Å². The minimum Gasteiger partial charge on any atom is -0.486 e. The number of nitrogens with zero attached hydrogens (tertiary/aromatic N) is 3. The summed E-state index contributed by atoms with van der Waals surface area (Å²) in [6.07, 6.45) is 4.86. The average molecular weight is 400 g/mol. The van der Waals surface area contributed by atoms with Crippen LogP contribution in [0, 0.1) is 0 Å². The van der Waals surface area contributed by atoms with Gasteiger partial charge in [-0.2, -0.15) is 12.6 Å². The predicted octanol–water partition coefficient (Wildman–Crippen LogP) is 3.62. The molecule has 0 bridgehead atoms. The highest BCUT2D eigenvalue weighted by Gasteiger charge is 2.31. The number of halogens is 2. The summed E-state index contributed by atoms with van der Waals surface area (Å²) in [4.78, 5) is 10.8. The lowest BCUT2D eigenvalue weighted by Crippen LogP contribution is -2.43. The molecule has 5 nitrogen and oxygen atoms in total. The van der Waals surface area contributed by atoms with E-state index in [1.165, 1.54) is 0 Å². The van der Waals surface area contributed by atoms with Crippen molar-refractivity contribution < 1.29 is 9.84 Å². The van der Waals surface area contributed by atoms with Gasteiger partial charge in [-0.25, -0.2) is 9.97 Å². The topological polar surface area (TPSA) is 58.5 Å². The van der Waals surface area contributed by atoms with Crippen LogP contribution in [0.25, 0.3) is 0 Å². The van der Waals surface area contributed by atoms with Crippen LogP contribution in [-0.4, -0.2) is 39.5 Å². The van der Waals surface area contributed by atoms with E-state index >= 15 is 0 Å². The minimum absolute atomic E-state index is 0.0855. The number of anilines is 1. The van der Waals surface area contributed by atoms with Gasteiger partial charge < -0.3 is 14.7 Å². The third-order valence-corrected chi connectivity index (χ3v) is 5.63. The fourth-order valence-corrected chi connectivity index (χ4v) is 3.36. The summed E-state index contributed by atoms with van der Waals surface area (Å²) in [5.41, 5.74) is 0.736. The molecule has 0 spiro atoms. The summed E-state index contributed by atoms with van der Waals surface area (Å²) in [5, 5.41) is 10.5. The number of hydrogen-bond acceptors (Lipinski definition) is 6. The van der Waals surface area contributed by atoms with Crippen LogP contribution in [0.1, 0.15) is 18.4 Å². The van der Waals surface area contributed by atoms with E-state index in [1.807, 2.05) is 0 Å². The lowest BCUT2D eigenvalue weighted by Gasteiger charge is -2.37. The van der Waals surface area contributed by atoms with Crippen molar-refractivity contribution in [2.75, 3.05) is 24.6 Å². The Morgan fingerprint density at radius 2 is 1.76 bits per heavy atom. The third-order valence-electron chi connectivity index (χ3n) is 4.33. The highest BCUT2D eigenvalue weighted by Crippen LogP contribution is 2.30. The van der Waals surface area contributed by atoms with Crippen LogP contribution < -0.4 is 9.64 Å². The Morgan fingerprint density at radius 3 is 2.32 bits per heavy atom. The van der Waals surface area contributed by atoms with Gasteiger partial charge in [0.15, 0.2) is 5.75 Å². The van der Waals surface area contributed by atoms with Crippen molar-refractivity contribution in [3.63, 3.8) is 0 Å². The van der Waals surface area contributed by atoms with E-state index in [0.29, 0.717) is 21.7 Å². The Labute approximate surface area is 162 Å². The summed E-state index contributed by atoms with van der Waals surface area (Å²) < 4.78 is 5.39. The number of benzene rings is 1. The Balaban J connectivity index is 1.60. The van der Waals surface area contributed by atoms with E-state index in [9.17, 15) is 5.11 Å². The van der Waals surface area contributed by atoms with Crippen LogP contribution in [0.2, 0.25) is 10.0 Å². The molecule has 8 heteroatoms. The molecule has 1 fully saturated rings. The number of piperidine rings is 1. The molecular weight excluding hydrogens is 381 g/mol. The molecular formula is C17H19Cl2N3O2S. The van der Waals surface area contributed by atoms with Gasteiger partial charge in [0.2, 0.25) is 5.95 Å². The van der Waals surface area contributed by atoms with Gasteiger partial charge in [0.1, 0.15) is 6.61 Å². The number of hydrogen-bond donors (Lipinski definition) is 2. The molecule has 1 aromatic carbocycles. The van der Waals surface area contributed by atoms with E-state index in [0.717, 1.165) is 31.5 Å². The summed E-state index contributed by atoms with van der Waals surface area (Å²) in [7, 11) is 0. The van der Waals surface area contributed by atoms with Crippen molar-refractivity contribution in [3.8, 4) is 5.75 Å². The van der Waals surface area contributed by atoms with Crippen molar-refractivity contribution in [1.82, 2.24) is 9.97 Å². The van der Waals surface area contributed by atoms with Gasteiger partial charge in [0.25, 0.3) is 0 Å². The van der Waals surface area contributed by atoms with Gasteiger partial charge in [-0.05, 0) is 25.0 Å². The lowest BCUT2D eigenvalue weighted by molar-refractivity contribution is 0.227. The van der Waals surface area contributed by atoms with Crippen LogP contribution in [0.5, 0.6) is 5.75 Å². The number of ether oxygens (including phenoxy) is 1. The first-order chi connectivity index (χ1) is 12.0. The second kappa shape index (κ2) is 7.99. The first-order valence-corrected chi connectivity index (χ1v) is 9.17. The Morgan fingerprint density at radius 1 is 1.16 bits per heavy atom. The normalized spacial score (nSPS) is 16.7. The van der Waals surface area contributed by atoms with Crippen LogP contribution >= 0.6 is 35.8 Å². The molecule has 1 saturated heterocycles. The summed E-state index contributed by atoms with van der Waals surface area (Å²) in [6.45, 7) is 1.87. The van der Waals surface area contributed by atoms with Crippen molar-refractivity contribution in [2.24, 2.45) is 0 Å². The van der Waals surface area contributed by atoms with Gasteiger partial charge in [0, 0.05) is 33.4 Å². The fraction of sp³-hybridized carbons (Fsp3) is 0.412. The smallest absolute Gasteiger partial charge is 0.225 e. The van der Waals surface area contributed by atoms with Crippen LogP contribution in [0.15, 0.2) is 30.6 Å². The maximum atomic E-state index is 9.37. The van der Waals surface area contributed by atoms with Crippen molar-refractivity contribution >= 4 is 41.8 Å². The molecule has 1 aliphatic rings. The zero-order valence-corrected chi connectivity index (χ0v) is 15.9. The highest BCUT2D eigenvalue weighted by atomic mass is 35.5.